The van der Waals surface area contributed by atoms with Crippen LogP contribution in [0.5, 0.6) is 5.75 Å². The molecule has 162 valence electrons. The van der Waals surface area contributed by atoms with Gasteiger partial charge in [-0.1, -0.05) is 35.0 Å². The number of ether oxygens (including phenoxy) is 1. The molecule has 0 saturated heterocycles. The Morgan fingerprint density at radius 2 is 1.81 bits per heavy atom. The molecule has 1 heterocycles. The van der Waals surface area contributed by atoms with Gasteiger partial charge in [-0.05, 0) is 68.1 Å². The molecule has 31 heavy (non-hydrogen) atoms. The van der Waals surface area contributed by atoms with E-state index in [0.717, 1.165) is 30.0 Å². The van der Waals surface area contributed by atoms with Crippen LogP contribution in [0.15, 0.2) is 47.6 Å². The Morgan fingerprint density at radius 3 is 2.48 bits per heavy atom. The molecule has 9 heteroatoms. The SMILES string of the molecule is Cn1c(SCC(=O)Nc2cc(Cl)cc(Cl)c2)nnc1-c1ccc(OC2CCCC2)cc1. The summed E-state index contributed by atoms with van der Waals surface area (Å²) in [5.41, 5.74) is 1.50. The molecule has 0 spiro atoms. The van der Waals surface area contributed by atoms with Crippen molar-refractivity contribution in [3.05, 3.63) is 52.5 Å². The highest BCUT2D eigenvalue weighted by atomic mass is 35.5. The minimum Gasteiger partial charge on any atom is -0.490 e. The van der Waals surface area contributed by atoms with Gasteiger partial charge < -0.3 is 14.6 Å². The molecule has 0 bridgehead atoms. The summed E-state index contributed by atoms with van der Waals surface area (Å²) in [6.45, 7) is 0. The Kier molecular flexibility index (Phi) is 7.05. The fourth-order valence-electron chi connectivity index (χ4n) is 3.53. The van der Waals surface area contributed by atoms with Crippen molar-refractivity contribution in [3.8, 4) is 17.1 Å². The summed E-state index contributed by atoms with van der Waals surface area (Å²) >= 11 is 13.2. The predicted molar refractivity (Wildman–Crippen MR) is 125 cm³/mol. The molecule has 4 rings (SSSR count). The quantitative estimate of drug-likeness (QED) is 0.433. The maximum atomic E-state index is 12.3. The Labute approximate surface area is 195 Å². The second-order valence-corrected chi connectivity index (χ2v) is 9.22. The van der Waals surface area contributed by atoms with E-state index >= 15 is 0 Å². The fraction of sp³-hybridized carbons (Fsp3) is 0.318. The van der Waals surface area contributed by atoms with Crippen molar-refractivity contribution >= 4 is 46.6 Å². The summed E-state index contributed by atoms with van der Waals surface area (Å²) in [6.07, 6.45) is 5.07. The van der Waals surface area contributed by atoms with Crippen LogP contribution < -0.4 is 10.1 Å². The van der Waals surface area contributed by atoms with Crippen LogP contribution >= 0.6 is 35.0 Å². The van der Waals surface area contributed by atoms with Crippen LogP contribution in [0.1, 0.15) is 25.7 Å². The number of nitrogens with one attached hydrogen (secondary N) is 1. The number of carbonyl (C=O) groups excluding carboxylic acids is 1. The Bertz CT molecular complexity index is 1050. The molecule has 1 N–H and O–H groups in total. The van der Waals surface area contributed by atoms with E-state index in [1.807, 2.05) is 35.9 Å². The molecule has 1 aromatic heterocycles. The van der Waals surface area contributed by atoms with Gasteiger partial charge in [-0.3, -0.25) is 4.79 Å². The van der Waals surface area contributed by atoms with E-state index in [1.54, 1.807) is 18.2 Å². The average molecular weight is 477 g/mol. The van der Waals surface area contributed by atoms with E-state index < -0.39 is 0 Å². The number of benzene rings is 2. The Morgan fingerprint density at radius 1 is 1.13 bits per heavy atom. The number of rotatable bonds is 7. The average Bonchev–Trinajstić information content (AvgIpc) is 3.36. The normalized spacial score (nSPS) is 14.0. The third kappa shape index (κ3) is 5.73. The molecule has 1 amide bonds. The number of carbonyl (C=O) groups is 1. The van der Waals surface area contributed by atoms with E-state index in [2.05, 4.69) is 15.5 Å². The molecule has 1 fully saturated rings. The van der Waals surface area contributed by atoms with Crippen molar-refractivity contribution in [1.82, 2.24) is 14.8 Å². The summed E-state index contributed by atoms with van der Waals surface area (Å²) in [4.78, 5) is 12.3. The van der Waals surface area contributed by atoms with E-state index in [-0.39, 0.29) is 11.7 Å². The summed E-state index contributed by atoms with van der Waals surface area (Å²) < 4.78 is 7.90. The number of halogens is 2. The van der Waals surface area contributed by atoms with Gasteiger partial charge in [-0.2, -0.15) is 0 Å². The molecule has 0 aliphatic heterocycles. The number of hydrogen-bond donors (Lipinski definition) is 1. The van der Waals surface area contributed by atoms with Crippen LogP contribution in [0.25, 0.3) is 11.4 Å². The van der Waals surface area contributed by atoms with Crippen LogP contribution in [0, 0.1) is 0 Å². The predicted octanol–water partition coefficient (Wildman–Crippen LogP) is 5.84. The lowest BCUT2D eigenvalue weighted by Gasteiger charge is -2.13. The molecule has 3 aromatic rings. The topological polar surface area (TPSA) is 69.0 Å². The number of hydrogen-bond acceptors (Lipinski definition) is 5. The first-order valence-corrected chi connectivity index (χ1v) is 11.8. The van der Waals surface area contributed by atoms with Gasteiger partial charge in [0.2, 0.25) is 5.91 Å². The zero-order chi connectivity index (χ0) is 21.8. The van der Waals surface area contributed by atoms with Gasteiger partial charge in [0, 0.05) is 28.3 Å². The molecule has 0 radical (unpaired) electrons. The van der Waals surface area contributed by atoms with E-state index in [0.29, 0.717) is 27.0 Å². The maximum Gasteiger partial charge on any atom is 0.234 e. The monoisotopic (exact) mass is 476 g/mol. The molecule has 2 aromatic carbocycles. The van der Waals surface area contributed by atoms with Crippen LogP contribution in [-0.2, 0) is 11.8 Å². The van der Waals surface area contributed by atoms with Crippen molar-refractivity contribution in [2.24, 2.45) is 7.05 Å². The molecule has 1 aliphatic carbocycles. The highest BCUT2D eigenvalue weighted by Gasteiger charge is 2.17. The first-order valence-electron chi connectivity index (χ1n) is 10.0. The van der Waals surface area contributed by atoms with Crippen molar-refractivity contribution < 1.29 is 9.53 Å². The second-order valence-electron chi connectivity index (χ2n) is 7.41. The van der Waals surface area contributed by atoms with Crippen LogP contribution in [0.4, 0.5) is 5.69 Å². The number of thioether (sulfide) groups is 1. The standard InChI is InChI=1S/C22H22Cl2N4O2S/c1-28-21(14-6-8-19(9-7-14)30-18-4-2-3-5-18)26-27-22(28)31-13-20(29)25-17-11-15(23)10-16(24)12-17/h6-12,18H,2-5,13H2,1H3,(H,25,29). The molecular weight excluding hydrogens is 455 g/mol. The number of nitrogens with zero attached hydrogens (tertiary/aromatic N) is 3. The van der Waals surface area contributed by atoms with Gasteiger partial charge in [-0.25, -0.2) is 0 Å². The maximum absolute atomic E-state index is 12.3. The van der Waals surface area contributed by atoms with Gasteiger partial charge >= 0.3 is 0 Å². The summed E-state index contributed by atoms with van der Waals surface area (Å²) in [7, 11) is 1.88. The Balaban J connectivity index is 1.35. The summed E-state index contributed by atoms with van der Waals surface area (Å²) in [6, 6.07) is 12.8. The first kappa shape index (κ1) is 22.0. The van der Waals surface area contributed by atoms with Gasteiger partial charge in [0.15, 0.2) is 11.0 Å². The highest BCUT2D eigenvalue weighted by Crippen LogP contribution is 2.28. The first-order chi connectivity index (χ1) is 15.0. The van der Waals surface area contributed by atoms with Crippen molar-refractivity contribution in [2.45, 2.75) is 36.9 Å². The third-order valence-corrected chi connectivity index (χ3v) is 6.49. The molecule has 0 atom stereocenters. The lowest BCUT2D eigenvalue weighted by Crippen LogP contribution is -2.14. The summed E-state index contributed by atoms with van der Waals surface area (Å²) in [5, 5.41) is 12.9. The van der Waals surface area contributed by atoms with Crippen LogP contribution in [0.2, 0.25) is 10.0 Å². The molecular formula is C22H22Cl2N4O2S. The highest BCUT2D eigenvalue weighted by molar-refractivity contribution is 7.99. The molecule has 1 aliphatic rings. The van der Waals surface area contributed by atoms with E-state index in [4.69, 9.17) is 27.9 Å². The van der Waals surface area contributed by atoms with Gasteiger partial charge in [0.25, 0.3) is 0 Å². The lowest BCUT2D eigenvalue weighted by molar-refractivity contribution is -0.113. The van der Waals surface area contributed by atoms with Crippen molar-refractivity contribution in [1.29, 1.82) is 0 Å². The van der Waals surface area contributed by atoms with E-state index in [9.17, 15) is 4.79 Å². The second kappa shape index (κ2) is 9.94. The van der Waals surface area contributed by atoms with Gasteiger partial charge in [-0.15, -0.1) is 10.2 Å². The molecule has 6 nitrogen and oxygen atoms in total. The van der Waals surface area contributed by atoms with Crippen LogP contribution in [-0.4, -0.2) is 32.5 Å². The van der Waals surface area contributed by atoms with Crippen molar-refractivity contribution in [3.63, 3.8) is 0 Å². The number of aromatic nitrogens is 3. The minimum atomic E-state index is -0.179. The van der Waals surface area contributed by atoms with E-state index in [1.165, 1.54) is 24.6 Å². The Hall–Kier alpha value is -2.22. The van der Waals surface area contributed by atoms with Crippen molar-refractivity contribution in [2.75, 3.05) is 11.1 Å². The zero-order valence-electron chi connectivity index (χ0n) is 17.0. The van der Waals surface area contributed by atoms with Crippen LogP contribution in [0.3, 0.4) is 0 Å². The number of anilines is 1. The summed E-state index contributed by atoms with van der Waals surface area (Å²) in [5.74, 6) is 1.62. The van der Waals surface area contributed by atoms with Gasteiger partial charge in [0.1, 0.15) is 5.75 Å². The smallest absolute Gasteiger partial charge is 0.234 e. The van der Waals surface area contributed by atoms with Gasteiger partial charge in [0.05, 0.1) is 11.9 Å². The molecule has 1 saturated carbocycles. The minimum absolute atomic E-state index is 0.179. The zero-order valence-corrected chi connectivity index (χ0v) is 19.3. The lowest BCUT2D eigenvalue weighted by atomic mass is 10.2. The third-order valence-electron chi connectivity index (χ3n) is 5.03. The molecule has 0 unspecified atom stereocenters. The fourth-order valence-corrected chi connectivity index (χ4v) is 4.76. The number of amides is 1. The largest absolute Gasteiger partial charge is 0.490 e.